The topological polar surface area (TPSA) is 109 Å². The molecule has 4 rings (SSSR count). The lowest BCUT2D eigenvalue weighted by atomic mass is 10.2. The molecule has 0 aliphatic heterocycles. The Kier molecular flexibility index (Phi) is 6.18. The molecule has 1 aromatic carbocycles. The van der Waals surface area contributed by atoms with Crippen LogP contribution < -0.4 is 9.47 Å². The third-order valence-corrected chi connectivity index (χ3v) is 5.15. The maximum atomic E-state index is 12.2. The molecule has 0 radical (unpaired) electrons. The first kappa shape index (κ1) is 20.5. The second-order valence-electron chi connectivity index (χ2n) is 6.27. The molecule has 10 heteroatoms. The number of hydrogen-bond donors (Lipinski definition) is 0. The second-order valence-corrected chi connectivity index (χ2v) is 7.13. The van der Waals surface area contributed by atoms with Crippen molar-refractivity contribution in [3.63, 3.8) is 0 Å². The average Bonchev–Trinajstić information content (AvgIpc) is 3.47. The monoisotopic (exact) mass is 438 g/mol. The van der Waals surface area contributed by atoms with E-state index in [1.807, 2.05) is 23.6 Å². The fourth-order valence-electron chi connectivity index (χ4n) is 2.74. The lowest BCUT2D eigenvalue weighted by molar-refractivity contribution is -0.144. The third kappa shape index (κ3) is 4.86. The summed E-state index contributed by atoms with van der Waals surface area (Å²) in [5.41, 5.74) is 2.01. The van der Waals surface area contributed by atoms with Crippen LogP contribution in [0.1, 0.15) is 11.6 Å². The number of carbonyl (C=O) groups excluding carboxylic acids is 1. The van der Waals surface area contributed by atoms with Crippen LogP contribution >= 0.6 is 11.3 Å². The van der Waals surface area contributed by atoms with Crippen molar-refractivity contribution in [1.29, 1.82) is 0 Å². The number of pyridine rings is 1. The first-order valence-corrected chi connectivity index (χ1v) is 10.1. The van der Waals surface area contributed by atoms with E-state index in [2.05, 4.69) is 20.1 Å². The Morgan fingerprint density at radius 1 is 1.13 bits per heavy atom. The number of aromatic nitrogens is 4. The van der Waals surface area contributed by atoms with Crippen LogP contribution in [0.3, 0.4) is 0 Å². The number of thiazole rings is 1. The van der Waals surface area contributed by atoms with Crippen LogP contribution in [0.4, 0.5) is 0 Å². The predicted octanol–water partition coefficient (Wildman–Crippen LogP) is 3.56. The highest BCUT2D eigenvalue weighted by Crippen LogP contribution is 2.31. The Bertz CT molecular complexity index is 1180. The molecule has 0 saturated heterocycles. The molecule has 0 aliphatic carbocycles. The smallest absolute Gasteiger partial charge is 0.312 e. The molecule has 3 aromatic heterocycles. The van der Waals surface area contributed by atoms with Crippen molar-refractivity contribution in [2.24, 2.45) is 0 Å². The zero-order valence-corrected chi connectivity index (χ0v) is 17.6. The SMILES string of the molecule is COc1ccc(-c2noc(COC(=O)Cc3csc(-c4ccccn4)n3)n2)c(OC)c1. The molecule has 0 fully saturated rings. The Morgan fingerprint density at radius 3 is 2.81 bits per heavy atom. The minimum absolute atomic E-state index is 0.0383. The Labute approximate surface area is 181 Å². The Hall–Kier alpha value is -3.79. The van der Waals surface area contributed by atoms with Crippen LogP contribution in [-0.2, 0) is 22.6 Å². The number of carbonyl (C=O) groups is 1. The lowest BCUT2D eigenvalue weighted by Gasteiger charge is -2.07. The largest absolute Gasteiger partial charge is 0.497 e. The fraction of sp³-hybridized carbons (Fsp3) is 0.190. The molecular weight excluding hydrogens is 420 g/mol. The summed E-state index contributed by atoms with van der Waals surface area (Å²) in [6.45, 7) is -0.137. The van der Waals surface area contributed by atoms with E-state index in [1.54, 1.807) is 38.6 Å². The van der Waals surface area contributed by atoms with Gasteiger partial charge in [0.25, 0.3) is 5.89 Å². The standard InChI is InChI=1S/C21H18N4O5S/c1-27-14-6-7-15(17(10-14)28-2)20-24-18(30-25-20)11-29-19(26)9-13-12-31-21(23-13)16-5-3-4-8-22-16/h3-8,10,12H,9,11H2,1-2H3. The molecule has 9 nitrogen and oxygen atoms in total. The minimum Gasteiger partial charge on any atom is -0.497 e. The normalized spacial score (nSPS) is 10.6. The van der Waals surface area contributed by atoms with Gasteiger partial charge in [0.15, 0.2) is 6.61 Å². The van der Waals surface area contributed by atoms with E-state index in [4.69, 9.17) is 18.7 Å². The molecule has 0 saturated carbocycles. The van der Waals surface area contributed by atoms with Gasteiger partial charge in [-0.05, 0) is 24.3 Å². The van der Waals surface area contributed by atoms with Gasteiger partial charge in [-0.1, -0.05) is 11.2 Å². The van der Waals surface area contributed by atoms with Gasteiger partial charge in [-0.2, -0.15) is 4.98 Å². The van der Waals surface area contributed by atoms with Gasteiger partial charge < -0.3 is 18.7 Å². The number of hydrogen-bond acceptors (Lipinski definition) is 10. The van der Waals surface area contributed by atoms with Gasteiger partial charge in [-0.3, -0.25) is 9.78 Å². The summed E-state index contributed by atoms with van der Waals surface area (Å²) >= 11 is 1.42. The van der Waals surface area contributed by atoms with Crippen molar-refractivity contribution in [1.82, 2.24) is 20.1 Å². The van der Waals surface area contributed by atoms with Gasteiger partial charge in [0.05, 0.1) is 37.6 Å². The highest BCUT2D eigenvalue weighted by Gasteiger charge is 2.16. The molecular formula is C21H18N4O5S. The van der Waals surface area contributed by atoms with E-state index in [0.29, 0.717) is 28.6 Å². The van der Waals surface area contributed by atoms with Crippen LogP contribution in [0.5, 0.6) is 11.5 Å². The molecule has 31 heavy (non-hydrogen) atoms. The maximum absolute atomic E-state index is 12.2. The van der Waals surface area contributed by atoms with Crippen molar-refractivity contribution in [3.8, 4) is 33.6 Å². The van der Waals surface area contributed by atoms with Crippen LogP contribution in [0.15, 0.2) is 52.5 Å². The van der Waals surface area contributed by atoms with E-state index >= 15 is 0 Å². The number of ether oxygens (including phenoxy) is 3. The molecule has 158 valence electrons. The molecule has 0 bridgehead atoms. The molecule has 4 aromatic rings. The van der Waals surface area contributed by atoms with E-state index in [-0.39, 0.29) is 18.9 Å². The van der Waals surface area contributed by atoms with Crippen molar-refractivity contribution in [3.05, 3.63) is 59.6 Å². The summed E-state index contributed by atoms with van der Waals surface area (Å²) in [6.07, 6.45) is 1.74. The maximum Gasteiger partial charge on any atom is 0.312 e. The average molecular weight is 438 g/mol. The van der Waals surface area contributed by atoms with Gasteiger partial charge in [0.2, 0.25) is 5.82 Å². The molecule has 3 heterocycles. The highest BCUT2D eigenvalue weighted by molar-refractivity contribution is 7.13. The van der Waals surface area contributed by atoms with Crippen LogP contribution in [0.25, 0.3) is 22.1 Å². The zero-order valence-electron chi connectivity index (χ0n) is 16.8. The van der Waals surface area contributed by atoms with Crippen molar-refractivity contribution in [2.45, 2.75) is 13.0 Å². The van der Waals surface area contributed by atoms with Crippen molar-refractivity contribution in [2.75, 3.05) is 14.2 Å². The lowest BCUT2D eigenvalue weighted by Crippen LogP contribution is -2.08. The van der Waals surface area contributed by atoms with Gasteiger partial charge in [0.1, 0.15) is 16.5 Å². The molecule has 0 spiro atoms. The summed E-state index contributed by atoms with van der Waals surface area (Å²) in [5.74, 6) is 1.24. The third-order valence-electron chi connectivity index (χ3n) is 4.24. The first-order valence-electron chi connectivity index (χ1n) is 9.22. The van der Waals surface area contributed by atoms with Gasteiger partial charge in [-0.15, -0.1) is 11.3 Å². The summed E-state index contributed by atoms with van der Waals surface area (Å²) in [7, 11) is 3.11. The zero-order chi connectivity index (χ0) is 21.6. The molecule has 0 aliphatic rings. The van der Waals surface area contributed by atoms with Crippen molar-refractivity contribution >= 4 is 17.3 Å². The Morgan fingerprint density at radius 2 is 2.03 bits per heavy atom. The predicted molar refractivity (Wildman–Crippen MR) is 112 cm³/mol. The van der Waals surface area contributed by atoms with E-state index < -0.39 is 5.97 Å². The molecule has 0 N–H and O–H groups in total. The summed E-state index contributed by atoms with van der Waals surface area (Å²) in [6, 6.07) is 10.8. The summed E-state index contributed by atoms with van der Waals surface area (Å²) < 4.78 is 21.0. The van der Waals surface area contributed by atoms with E-state index in [9.17, 15) is 4.79 Å². The van der Waals surface area contributed by atoms with E-state index in [1.165, 1.54) is 11.3 Å². The Balaban J connectivity index is 1.36. The van der Waals surface area contributed by atoms with Crippen LogP contribution in [0, 0.1) is 0 Å². The molecule has 0 amide bonds. The number of rotatable bonds is 8. The quantitative estimate of drug-likeness (QED) is 0.381. The fourth-order valence-corrected chi connectivity index (χ4v) is 3.54. The number of benzene rings is 1. The molecule has 0 atom stereocenters. The number of nitrogens with zero attached hydrogens (tertiary/aromatic N) is 4. The molecule has 0 unspecified atom stereocenters. The van der Waals surface area contributed by atoms with Gasteiger partial charge >= 0.3 is 5.97 Å². The van der Waals surface area contributed by atoms with Crippen molar-refractivity contribution < 1.29 is 23.5 Å². The van der Waals surface area contributed by atoms with Gasteiger partial charge in [0, 0.05) is 17.6 Å². The van der Waals surface area contributed by atoms with Crippen LogP contribution in [-0.4, -0.2) is 40.3 Å². The summed E-state index contributed by atoms with van der Waals surface area (Å²) in [4.78, 5) is 25.1. The summed E-state index contributed by atoms with van der Waals surface area (Å²) in [5, 5.41) is 6.49. The van der Waals surface area contributed by atoms with E-state index in [0.717, 1.165) is 10.7 Å². The number of esters is 1. The first-order chi connectivity index (χ1) is 15.2. The van der Waals surface area contributed by atoms with Crippen LogP contribution in [0.2, 0.25) is 0 Å². The number of methoxy groups -OCH3 is 2. The minimum atomic E-state index is -0.445. The van der Waals surface area contributed by atoms with Gasteiger partial charge in [-0.25, -0.2) is 4.98 Å². The second kappa shape index (κ2) is 9.35. The highest BCUT2D eigenvalue weighted by atomic mass is 32.1.